The molecule has 0 spiro atoms. The maximum Gasteiger partial charge on any atom is 0.336 e. The fourth-order valence-electron chi connectivity index (χ4n) is 4.28. The maximum atomic E-state index is 13.3. The minimum absolute atomic E-state index is 0.126. The summed E-state index contributed by atoms with van der Waals surface area (Å²) in [5.41, 5.74) is 0.591. The third-order valence-electron chi connectivity index (χ3n) is 6.11. The summed E-state index contributed by atoms with van der Waals surface area (Å²) in [6.07, 6.45) is 14.0. The summed E-state index contributed by atoms with van der Waals surface area (Å²) >= 11 is 3.50. The first kappa shape index (κ1) is 26.4. The number of rotatable bonds is 15. The second kappa shape index (κ2) is 14.3. The molecular formula is C27H38BrNO3. The number of halogens is 1. The van der Waals surface area contributed by atoms with Crippen molar-refractivity contribution in [1.82, 2.24) is 5.32 Å². The molecule has 0 aromatic heterocycles. The monoisotopic (exact) mass is 503 g/mol. The zero-order valence-corrected chi connectivity index (χ0v) is 21.2. The van der Waals surface area contributed by atoms with Gasteiger partial charge in [-0.2, -0.15) is 0 Å². The average Bonchev–Trinajstić information content (AvgIpc) is 2.78. The Morgan fingerprint density at radius 1 is 0.844 bits per heavy atom. The summed E-state index contributed by atoms with van der Waals surface area (Å²) in [4.78, 5) is 25.1. The van der Waals surface area contributed by atoms with Gasteiger partial charge in [-0.15, -0.1) is 0 Å². The Hall–Kier alpha value is -1.88. The van der Waals surface area contributed by atoms with E-state index in [2.05, 4.69) is 35.1 Å². The molecule has 0 aliphatic rings. The highest BCUT2D eigenvalue weighted by Gasteiger charge is 2.20. The minimum atomic E-state index is -1.02. The van der Waals surface area contributed by atoms with E-state index >= 15 is 0 Å². The second-order valence-corrected chi connectivity index (χ2v) is 9.56. The summed E-state index contributed by atoms with van der Waals surface area (Å²) in [7, 11) is 0. The smallest absolute Gasteiger partial charge is 0.336 e. The maximum absolute atomic E-state index is 13.3. The lowest BCUT2D eigenvalue weighted by Gasteiger charge is -2.20. The number of hydrogen-bond acceptors (Lipinski definition) is 2. The van der Waals surface area contributed by atoms with Crippen LogP contribution in [0.3, 0.4) is 0 Å². The first-order chi connectivity index (χ1) is 15.5. The third-order valence-corrected chi connectivity index (χ3v) is 6.80. The normalized spacial score (nSPS) is 11.2. The van der Waals surface area contributed by atoms with Crippen molar-refractivity contribution in [3.8, 4) is 0 Å². The van der Waals surface area contributed by atoms with Crippen LogP contribution < -0.4 is 5.32 Å². The molecule has 4 nitrogen and oxygen atoms in total. The summed E-state index contributed by atoms with van der Waals surface area (Å²) in [6.45, 7) is 4.43. The number of nitrogens with one attached hydrogen (secondary N) is 1. The Bertz CT molecular complexity index is 867. The van der Waals surface area contributed by atoms with Gasteiger partial charge in [0.15, 0.2) is 0 Å². The molecule has 2 rings (SSSR count). The summed E-state index contributed by atoms with van der Waals surface area (Å²) in [6, 6.07) is 8.81. The van der Waals surface area contributed by atoms with E-state index in [1.165, 1.54) is 51.4 Å². The molecule has 0 atom stereocenters. The van der Waals surface area contributed by atoms with Crippen LogP contribution in [-0.2, 0) is 0 Å². The first-order valence-corrected chi connectivity index (χ1v) is 13.0. The number of carboxylic acid groups (broad SMARTS) is 1. The van der Waals surface area contributed by atoms with Gasteiger partial charge >= 0.3 is 5.97 Å². The number of benzene rings is 2. The highest BCUT2D eigenvalue weighted by Crippen LogP contribution is 2.30. The molecule has 176 valence electrons. The zero-order valence-electron chi connectivity index (χ0n) is 19.6. The highest BCUT2D eigenvalue weighted by atomic mass is 79.9. The van der Waals surface area contributed by atoms with E-state index < -0.39 is 5.97 Å². The lowest BCUT2D eigenvalue weighted by Crippen LogP contribution is -2.35. The molecule has 1 amide bonds. The van der Waals surface area contributed by atoms with Crippen molar-refractivity contribution in [2.24, 2.45) is 0 Å². The number of hydrogen-bond donors (Lipinski definition) is 2. The van der Waals surface area contributed by atoms with Gasteiger partial charge in [0, 0.05) is 21.5 Å². The molecule has 2 aromatic carbocycles. The molecule has 32 heavy (non-hydrogen) atoms. The lowest BCUT2D eigenvalue weighted by molar-refractivity contribution is 0.0699. The largest absolute Gasteiger partial charge is 0.478 e. The number of aromatic carboxylic acids is 1. The van der Waals surface area contributed by atoms with E-state index in [1.807, 2.05) is 12.1 Å². The zero-order chi connectivity index (χ0) is 23.3. The van der Waals surface area contributed by atoms with Gasteiger partial charge in [0.2, 0.25) is 0 Å². The SMILES string of the molecule is CCCCCCCC(CCCCCCC)NC(=O)c1ccc(Br)c2cccc(C(=O)O)c12. The van der Waals surface area contributed by atoms with Crippen molar-refractivity contribution in [2.45, 2.75) is 96.9 Å². The summed E-state index contributed by atoms with van der Waals surface area (Å²) in [5, 5.41) is 14.2. The molecule has 0 aliphatic carbocycles. The molecule has 0 heterocycles. The van der Waals surface area contributed by atoms with Crippen LogP contribution in [0.5, 0.6) is 0 Å². The van der Waals surface area contributed by atoms with Crippen LogP contribution in [0, 0.1) is 0 Å². The van der Waals surface area contributed by atoms with Crippen LogP contribution in [0.2, 0.25) is 0 Å². The van der Waals surface area contributed by atoms with Crippen LogP contribution in [0.4, 0.5) is 0 Å². The molecule has 0 fully saturated rings. The fourth-order valence-corrected chi connectivity index (χ4v) is 4.74. The van der Waals surface area contributed by atoms with Crippen LogP contribution in [-0.4, -0.2) is 23.0 Å². The Morgan fingerprint density at radius 3 is 2.00 bits per heavy atom. The molecule has 0 radical (unpaired) electrons. The fraction of sp³-hybridized carbons (Fsp3) is 0.556. The van der Waals surface area contributed by atoms with Crippen molar-refractivity contribution < 1.29 is 14.7 Å². The molecule has 0 saturated heterocycles. The Kier molecular flexibility index (Phi) is 11.8. The Labute approximate surface area is 201 Å². The van der Waals surface area contributed by atoms with Crippen LogP contribution in [0.25, 0.3) is 10.8 Å². The van der Waals surface area contributed by atoms with E-state index in [1.54, 1.807) is 18.2 Å². The lowest BCUT2D eigenvalue weighted by atomic mass is 9.97. The Balaban J connectivity index is 2.17. The molecule has 0 unspecified atom stereocenters. The number of carbonyl (C=O) groups excluding carboxylic acids is 1. The van der Waals surface area contributed by atoms with Crippen molar-refractivity contribution in [1.29, 1.82) is 0 Å². The van der Waals surface area contributed by atoms with Crippen molar-refractivity contribution in [3.63, 3.8) is 0 Å². The molecule has 2 N–H and O–H groups in total. The second-order valence-electron chi connectivity index (χ2n) is 8.70. The van der Waals surface area contributed by atoms with E-state index in [9.17, 15) is 14.7 Å². The average molecular weight is 505 g/mol. The van der Waals surface area contributed by atoms with Crippen molar-refractivity contribution in [2.75, 3.05) is 0 Å². The molecule has 0 bridgehead atoms. The van der Waals surface area contributed by atoms with Crippen molar-refractivity contribution >= 4 is 38.6 Å². The summed E-state index contributed by atoms with van der Waals surface area (Å²) in [5.74, 6) is -1.20. The highest BCUT2D eigenvalue weighted by molar-refractivity contribution is 9.10. The number of amides is 1. The molecule has 5 heteroatoms. The van der Waals surface area contributed by atoms with Gasteiger partial charge in [0.05, 0.1) is 5.56 Å². The number of fused-ring (bicyclic) bond motifs is 1. The standard InChI is InChI=1S/C27H38BrNO3/c1-3-5-7-9-11-14-20(15-12-10-8-6-4-2)29-26(30)22-18-19-24(28)21-16-13-17-23(25(21)22)27(31)32/h13,16-20H,3-12,14-15H2,1-2H3,(H,29,30)(H,31,32). The van der Waals surface area contributed by atoms with Gasteiger partial charge in [0.25, 0.3) is 5.91 Å². The van der Waals surface area contributed by atoms with Gasteiger partial charge in [0.1, 0.15) is 0 Å². The number of carbonyl (C=O) groups is 2. The predicted octanol–water partition coefficient (Wildman–Crippen LogP) is 8.12. The van der Waals surface area contributed by atoms with Crippen molar-refractivity contribution in [3.05, 3.63) is 45.9 Å². The molecule has 2 aromatic rings. The molecule has 0 aliphatic heterocycles. The number of carboxylic acids is 1. The third kappa shape index (κ3) is 7.91. The van der Waals surface area contributed by atoms with E-state index in [4.69, 9.17) is 0 Å². The Morgan fingerprint density at radius 2 is 1.44 bits per heavy atom. The van der Waals surface area contributed by atoms with E-state index in [0.717, 1.165) is 35.5 Å². The van der Waals surface area contributed by atoms with Gasteiger partial charge in [-0.05, 0) is 36.4 Å². The first-order valence-electron chi connectivity index (χ1n) is 12.2. The summed E-state index contributed by atoms with van der Waals surface area (Å²) < 4.78 is 0.788. The van der Waals surface area contributed by atoms with Gasteiger partial charge < -0.3 is 10.4 Å². The predicted molar refractivity (Wildman–Crippen MR) is 137 cm³/mol. The van der Waals surface area contributed by atoms with Gasteiger partial charge in [-0.25, -0.2) is 4.79 Å². The topological polar surface area (TPSA) is 66.4 Å². The quantitative estimate of drug-likeness (QED) is 0.241. The molecule has 0 saturated carbocycles. The van der Waals surface area contributed by atoms with Crippen LogP contribution in [0.1, 0.15) is 112 Å². The van der Waals surface area contributed by atoms with E-state index in [0.29, 0.717) is 10.9 Å². The van der Waals surface area contributed by atoms with Crippen LogP contribution in [0.15, 0.2) is 34.8 Å². The number of unbranched alkanes of at least 4 members (excludes halogenated alkanes) is 8. The van der Waals surface area contributed by atoms with E-state index in [-0.39, 0.29) is 17.5 Å². The van der Waals surface area contributed by atoms with Gasteiger partial charge in [-0.3, -0.25) is 4.79 Å². The van der Waals surface area contributed by atoms with Gasteiger partial charge in [-0.1, -0.05) is 106 Å². The minimum Gasteiger partial charge on any atom is -0.478 e. The molecular weight excluding hydrogens is 466 g/mol. The van der Waals surface area contributed by atoms with Crippen LogP contribution >= 0.6 is 15.9 Å².